The van der Waals surface area contributed by atoms with Gasteiger partial charge in [0, 0.05) is 23.7 Å². The zero-order valence-electron chi connectivity index (χ0n) is 10.9. The monoisotopic (exact) mass is 248 g/mol. The predicted octanol–water partition coefficient (Wildman–Crippen LogP) is 3.62. The van der Waals surface area contributed by atoms with E-state index in [1.54, 1.807) is 0 Å². The molecule has 0 spiro atoms. The minimum atomic E-state index is 0.864. The Balaban J connectivity index is 2.13. The number of para-hydroxylation sites is 1. The molecular formula is C17H16N2. The average molecular weight is 248 g/mol. The van der Waals surface area contributed by atoms with E-state index in [-0.39, 0.29) is 0 Å². The van der Waals surface area contributed by atoms with Crippen molar-refractivity contribution in [3.8, 4) is 11.1 Å². The van der Waals surface area contributed by atoms with Crippen molar-refractivity contribution in [3.63, 3.8) is 0 Å². The van der Waals surface area contributed by atoms with Crippen LogP contribution >= 0.6 is 0 Å². The zero-order valence-corrected chi connectivity index (χ0v) is 10.9. The maximum Gasteiger partial charge on any atom is 0.0702 e. The van der Waals surface area contributed by atoms with Gasteiger partial charge in [-0.2, -0.15) is 0 Å². The maximum atomic E-state index is 4.54. The number of fused-ring (bicyclic) bond motifs is 1. The summed E-state index contributed by atoms with van der Waals surface area (Å²) in [6, 6.07) is 18.9. The van der Waals surface area contributed by atoms with Crippen LogP contribution in [0.25, 0.3) is 22.0 Å². The van der Waals surface area contributed by atoms with E-state index in [9.17, 15) is 0 Å². The number of pyridine rings is 1. The normalized spacial score (nSPS) is 10.8. The summed E-state index contributed by atoms with van der Waals surface area (Å²) >= 11 is 0. The standard InChI is InChI=1S/C17H16N2/c1-18-11-14-7-2-4-8-16(14)15-10-13-6-3-5-9-17(13)19-12-15/h2-10,12,18H,11H2,1H3. The van der Waals surface area contributed by atoms with Crippen molar-refractivity contribution in [2.45, 2.75) is 6.54 Å². The van der Waals surface area contributed by atoms with E-state index in [2.05, 4.69) is 46.7 Å². The van der Waals surface area contributed by atoms with Gasteiger partial charge in [-0.05, 0) is 30.3 Å². The molecule has 0 atom stereocenters. The van der Waals surface area contributed by atoms with Crippen molar-refractivity contribution in [3.05, 3.63) is 66.4 Å². The van der Waals surface area contributed by atoms with E-state index in [1.807, 2.05) is 31.4 Å². The van der Waals surface area contributed by atoms with Crippen LogP contribution in [-0.2, 0) is 6.54 Å². The third kappa shape index (κ3) is 2.35. The third-order valence-electron chi connectivity index (χ3n) is 3.29. The first-order valence-electron chi connectivity index (χ1n) is 6.46. The number of rotatable bonds is 3. The molecule has 0 aliphatic carbocycles. The molecule has 1 aromatic heterocycles. The molecule has 1 heterocycles. The number of nitrogens with zero attached hydrogens (tertiary/aromatic N) is 1. The van der Waals surface area contributed by atoms with Crippen LogP contribution in [0.1, 0.15) is 5.56 Å². The van der Waals surface area contributed by atoms with E-state index in [1.165, 1.54) is 22.1 Å². The number of hydrogen-bond donors (Lipinski definition) is 1. The summed E-state index contributed by atoms with van der Waals surface area (Å²) in [7, 11) is 1.97. The first-order valence-corrected chi connectivity index (χ1v) is 6.46. The highest BCUT2D eigenvalue weighted by Gasteiger charge is 2.05. The molecule has 0 radical (unpaired) electrons. The van der Waals surface area contributed by atoms with Crippen LogP contribution in [0.15, 0.2) is 60.8 Å². The fraction of sp³-hybridized carbons (Fsp3) is 0.118. The first-order chi connectivity index (χ1) is 9.38. The molecule has 0 aliphatic rings. The van der Waals surface area contributed by atoms with Crippen LogP contribution in [0, 0.1) is 0 Å². The van der Waals surface area contributed by atoms with Gasteiger partial charge in [-0.25, -0.2) is 0 Å². The topological polar surface area (TPSA) is 24.9 Å². The fourth-order valence-corrected chi connectivity index (χ4v) is 2.36. The minimum Gasteiger partial charge on any atom is -0.316 e. The van der Waals surface area contributed by atoms with Crippen molar-refractivity contribution in [2.24, 2.45) is 0 Å². The summed E-state index contributed by atoms with van der Waals surface area (Å²) in [6.07, 6.45) is 1.96. The quantitative estimate of drug-likeness (QED) is 0.765. The van der Waals surface area contributed by atoms with Gasteiger partial charge in [-0.3, -0.25) is 4.98 Å². The Bertz CT molecular complexity index is 704. The molecule has 2 heteroatoms. The van der Waals surface area contributed by atoms with Gasteiger partial charge in [0.25, 0.3) is 0 Å². The molecular weight excluding hydrogens is 232 g/mol. The molecule has 0 saturated carbocycles. The Morgan fingerprint density at radius 2 is 1.79 bits per heavy atom. The summed E-state index contributed by atoms with van der Waals surface area (Å²) in [5.74, 6) is 0. The van der Waals surface area contributed by atoms with Crippen LogP contribution < -0.4 is 5.32 Å². The molecule has 94 valence electrons. The number of aromatic nitrogens is 1. The van der Waals surface area contributed by atoms with Crippen molar-refractivity contribution >= 4 is 10.9 Å². The van der Waals surface area contributed by atoms with Gasteiger partial charge in [0.2, 0.25) is 0 Å². The molecule has 0 aliphatic heterocycles. The zero-order chi connectivity index (χ0) is 13.1. The summed E-state index contributed by atoms with van der Waals surface area (Å²) in [5.41, 5.74) is 4.75. The van der Waals surface area contributed by atoms with Crippen LogP contribution in [0.5, 0.6) is 0 Å². The number of nitrogens with one attached hydrogen (secondary N) is 1. The Morgan fingerprint density at radius 3 is 2.68 bits per heavy atom. The summed E-state index contributed by atoms with van der Waals surface area (Å²) in [6.45, 7) is 0.864. The van der Waals surface area contributed by atoms with Gasteiger partial charge < -0.3 is 5.32 Å². The van der Waals surface area contributed by atoms with E-state index in [0.717, 1.165) is 12.1 Å². The Labute approximate surface area is 113 Å². The van der Waals surface area contributed by atoms with Crippen LogP contribution in [-0.4, -0.2) is 12.0 Å². The predicted molar refractivity (Wildman–Crippen MR) is 79.9 cm³/mol. The molecule has 1 N–H and O–H groups in total. The second-order valence-electron chi connectivity index (χ2n) is 4.60. The largest absolute Gasteiger partial charge is 0.316 e. The van der Waals surface area contributed by atoms with Gasteiger partial charge in [0.1, 0.15) is 0 Å². The SMILES string of the molecule is CNCc1ccccc1-c1cnc2ccccc2c1. The van der Waals surface area contributed by atoms with Gasteiger partial charge in [0.15, 0.2) is 0 Å². The Kier molecular flexibility index (Phi) is 3.25. The van der Waals surface area contributed by atoms with E-state index >= 15 is 0 Å². The van der Waals surface area contributed by atoms with Gasteiger partial charge in [-0.1, -0.05) is 42.5 Å². The molecule has 2 nitrogen and oxygen atoms in total. The minimum absolute atomic E-state index is 0.864. The Morgan fingerprint density at radius 1 is 1.00 bits per heavy atom. The van der Waals surface area contributed by atoms with E-state index < -0.39 is 0 Å². The maximum absolute atomic E-state index is 4.54. The lowest BCUT2D eigenvalue weighted by Gasteiger charge is -2.09. The molecule has 3 aromatic rings. The van der Waals surface area contributed by atoms with Crippen LogP contribution in [0.3, 0.4) is 0 Å². The average Bonchev–Trinajstić information content (AvgIpc) is 2.48. The molecule has 0 bridgehead atoms. The molecule has 0 saturated heterocycles. The smallest absolute Gasteiger partial charge is 0.0702 e. The number of benzene rings is 2. The molecule has 3 rings (SSSR count). The molecule has 0 amide bonds. The van der Waals surface area contributed by atoms with E-state index in [4.69, 9.17) is 0 Å². The highest BCUT2D eigenvalue weighted by molar-refractivity contribution is 5.84. The highest BCUT2D eigenvalue weighted by atomic mass is 14.8. The lowest BCUT2D eigenvalue weighted by Crippen LogP contribution is -2.06. The molecule has 2 aromatic carbocycles. The second kappa shape index (κ2) is 5.21. The van der Waals surface area contributed by atoms with Gasteiger partial charge in [-0.15, -0.1) is 0 Å². The van der Waals surface area contributed by atoms with Crippen molar-refractivity contribution < 1.29 is 0 Å². The summed E-state index contributed by atoms with van der Waals surface area (Å²) in [4.78, 5) is 4.54. The molecule has 19 heavy (non-hydrogen) atoms. The second-order valence-corrected chi connectivity index (χ2v) is 4.60. The van der Waals surface area contributed by atoms with Gasteiger partial charge in [0.05, 0.1) is 5.52 Å². The molecule has 0 fully saturated rings. The highest BCUT2D eigenvalue weighted by Crippen LogP contribution is 2.25. The fourth-order valence-electron chi connectivity index (χ4n) is 2.36. The Hall–Kier alpha value is -2.19. The lowest BCUT2D eigenvalue weighted by molar-refractivity contribution is 0.819. The third-order valence-corrected chi connectivity index (χ3v) is 3.29. The van der Waals surface area contributed by atoms with Crippen molar-refractivity contribution in [1.29, 1.82) is 0 Å². The van der Waals surface area contributed by atoms with Crippen LogP contribution in [0.4, 0.5) is 0 Å². The van der Waals surface area contributed by atoms with Crippen molar-refractivity contribution in [1.82, 2.24) is 10.3 Å². The lowest BCUT2D eigenvalue weighted by atomic mass is 10.00. The summed E-state index contributed by atoms with van der Waals surface area (Å²) in [5, 5.41) is 4.39. The van der Waals surface area contributed by atoms with Gasteiger partial charge >= 0.3 is 0 Å². The summed E-state index contributed by atoms with van der Waals surface area (Å²) < 4.78 is 0. The number of hydrogen-bond acceptors (Lipinski definition) is 2. The molecule has 0 unspecified atom stereocenters. The van der Waals surface area contributed by atoms with Crippen LogP contribution in [0.2, 0.25) is 0 Å². The van der Waals surface area contributed by atoms with E-state index in [0.29, 0.717) is 0 Å². The van der Waals surface area contributed by atoms with Crippen molar-refractivity contribution in [2.75, 3.05) is 7.05 Å². The first kappa shape index (κ1) is 11.9.